The Morgan fingerprint density at radius 1 is 0.714 bits per heavy atom. The van der Waals surface area contributed by atoms with Crippen LogP contribution < -0.4 is 0 Å². The first-order chi connectivity index (χ1) is 20.1. The number of carboxylic acids is 1. The van der Waals surface area contributed by atoms with Crippen molar-refractivity contribution < 1.29 is 38.2 Å². The van der Waals surface area contributed by atoms with Crippen LogP contribution in [-0.2, 0) is 28.6 Å². The molecule has 0 rings (SSSR count). The van der Waals surface area contributed by atoms with E-state index in [4.69, 9.17) is 14.2 Å². The van der Waals surface area contributed by atoms with E-state index in [9.17, 15) is 19.5 Å². The molecular weight excluding hydrogens is 534 g/mol. The van der Waals surface area contributed by atoms with Gasteiger partial charge in [-0.05, 0) is 32.1 Å². The SMILES string of the molecule is CCCC/C=C/C=C/CCCCCC(=O)OCC(COCCC(C(=O)O)[N+](C)(C)C)OC(=O)CCCCCCCCC. The fraction of sp³-hybridized carbons (Fsp3) is 0.794. The smallest absolute Gasteiger partial charge is 0.362 e. The van der Waals surface area contributed by atoms with Gasteiger partial charge in [-0.1, -0.05) is 95.9 Å². The van der Waals surface area contributed by atoms with Gasteiger partial charge in [0.25, 0.3) is 0 Å². The molecule has 0 spiro atoms. The summed E-state index contributed by atoms with van der Waals surface area (Å²) >= 11 is 0. The molecule has 8 heteroatoms. The number of carbonyl (C=O) groups is 3. The Morgan fingerprint density at radius 2 is 1.26 bits per heavy atom. The third-order valence-electron chi connectivity index (χ3n) is 7.13. The number of esters is 2. The second-order valence-corrected chi connectivity index (χ2v) is 12.1. The van der Waals surface area contributed by atoms with Gasteiger partial charge in [0.05, 0.1) is 34.4 Å². The summed E-state index contributed by atoms with van der Waals surface area (Å²) in [4.78, 5) is 36.4. The predicted molar refractivity (Wildman–Crippen MR) is 169 cm³/mol. The first-order valence-corrected chi connectivity index (χ1v) is 16.4. The van der Waals surface area contributed by atoms with E-state index < -0.39 is 18.1 Å². The van der Waals surface area contributed by atoms with Crippen molar-refractivity contribution in [2.45, 2.75) is 135 Å². The highest BCUT2D eigenvalue weighted by Gasteiger charge is 2.31. The van der Waals surface area contributed by atoms with E-state index in [1.807, 2.05) is 21.1 Å². The Hall–Kier alpha value is -2.19. The van der Waals surface area contributed by atoms with Gasteiger partial charge in [-0.3, -0.25) is 9.59 Å². The first kappa shape index (κ1) is 39.8. The van der Waals surface area contributed by atoms with E-state index in [1.54, 1.807) is 0 Å². The van der Waals surface area contributed by atoms with Gasteiger partial charge in [-0.25, -0.2) is 4.79 Å². The molecule has 0 radical (unpaired) electrons. The van der Waals surface area contributed by atoms with Crippen molar-refractivity contribution in [1.82, 2.24) is 0 Å². The van der Waals surface area contributed by atoms with Crippen molar-refractivity contribution in [3.05, 3.63) is 24.3 Å². The van der Waals surface area contributed by atoms with Crippen LogP contribution in [0.4, 0.5) is 0 Å². The van der Waals surface area contributed by atoms with Gasteiger partial charge in [0.1, 0.15) is 6.61 Å². The Kier molecular flexibility index (Phi) is 25.1. The molecule has 0 heterocycles. The quantitative estimate of drug-likeness (QED) is 0.0435. The lowest BCUT2D eigenvalue weighted by molar-refractivity contribution is -0.887. The molecule has 2 atom stereocenters. The summed E-state index contributed by atoms with van der Waals surface area (Å²) < 4.78 is 17.0. The number of nitrogens with zero attached hydrogens (tertiary/aromatic N) is 1. The lowest BCUT2D eigenvalue weighted by Crippen LogP contribution is -2.50. The predicted octanol–water partition coefficient (Wildman–Crippen LogP) is 7.40. The number of aliphatic carboxylic acids is 1. The molecule has 0 saturated heterocycles. The van der Waals surface area contributed by atoms with Gasteiger partial charge in [-0.15, -0.1) is 0 Å². The zero-order valence-corrected chi connectivity index (χ0v) is 27.5. The molecule has 244 valence electrons. The number of unbranched alkanes of at least 4 members (excludes halogenated alkanes) is 11. The molecule has 0 aliphatic rings. The standard InChI is InChI=1S/C34H61NO7/c1-6-8-10-12-14-15-16-17-19-20-22-24-32(36)41-29-30(28-40-27-26-31(34(38)39)35(3,4)5)42-33(37)25-23-21-18-13-11-9-7-2/h12,14-16,30-31H,6-11,13,17-29H2,1-5H3/p+1/b14-12+,16-15+. The Bertz CT molecular complexity index is 757. The number of hydrogen-bond acceptors (Lipinski definition) is 6. The first-order valence-electron chi connectivity index (χ1n) is 16.4. The Morgan fingerprint density at radius 3 is 1.86 bits per heavy atom. The van der Waals surface area contributed by atoms with Gasteiger partial charge >= 0.3 is 17.9 Å². The van der Waals surface area contributed by atoms with Crippen LogP contribution in [0.3, 0.4) is 0 Å². The number of likely N-dealkylation sites (N-methyl/N-ethyl adjacent to an activating group) is 1. The normalized spacial score (nSPS) is 13.5. The molecule has 0 aliphatic heterocycles. The summed E-state index contributed by atoms with van der Waals surface area (Å²) in [6.45, 7) is 4.57. The van der Waals surface area contributed by atoms with Crippen LogP contribution >= 0.6 is 0 Å². The third-order valence-corrected chi connectivity index (χ3v) is 7.13. The fourth-order valence-corrected chi connectivity index (χ4v) is 4.48. The molecule has 42 heavy (non-hydrogen) atoms. The van der Waals surface area contributed by atoms with E-state index >= 15 is 0 Å². The van der Waals surface area contributed by atoms with Gasteiger partial charge in [0.15, 0.2) is 12.1 Å². The van der Waals surface area contributed by atoms with Crippen LogP contribution in [0.2, 0.25) is 0 Å². The highest BCUT2D eigenvalue weighted by molar-refractivity contribution is 5.72. The number of carboxylic acid groups (broad SMARTS) is 1. The van der Waals surface area contributed by atoms with Crippen LogP contribution in [0.15, 0.2) is 24.3 Å². The Labute approximate surface area is 256 Å². The monoisotopic (exact) mass is 596 g/mol. The van der Waals surface area contributed by atoms with Gasteiger partial charge in [0, 0.05) is 19.3 Å². The zero-order valence-electron chi connectivity index (χ0n) is 27.5. The summed E-state index contributed by atoms with van der Waals surface area (Å²) in [5, 5.41) is 9.52. The summed E-state index contributed by atoms with van der Waals surface area (Å²) in [6, 6.07) is -0.612. The average Bonchev–Trinajstić information content (AvgIpc) is 2.92. The van der Waals surface area contributed by atoms with Gasteiger partial charge in [-0.2, -0.15) is 0 Å². The van der Waals surface area contributed by atoms with Crippen LogP contribution in [0.25, 0.3) is 0 Å². The van der Waals surface area contributed by atoms with E-state index in [1.165, 1.54) is 38.5 Å². The van der Waals surface area contributed by atoms with E-state index in [-0.39, 0.29) is 36.2 Å². The minimum absolute atomic E-state index is 0.0543. The zero-order chi connectivity index (χ0) is 31.5. The number of carbonyl (C=O) groups excluding carboxylic acids is 2. The molecule has 0 aliphatic carbocycles. The highest BCUT2D eigenvalue weighted by atomic mass is 16.6. The molecule has 0 aromatic rings. The number of hydrogen-bond donors (Lipinski definition) is 1. The highest BCUT2D eigenvalue weighted by Crippen LogP contribution is 2.12. The largest absolute Gasteiger partial charge is 0.477 e. The maximum atomic E-state index is 12.5. The van der Waals surface area contributed by atoms with Crippen molar-refractivity contribution in [3.63, 3.8) is 0 Å². The van der Waals surface area contributed by atoms with Crippen LogP contribution in [0, 0.1) is 0 Å². The maximum absolute atomic E-state index is 12.5. The molecule has 1 N–H and O–H groups in total. The number of allylic oxidation sites excluding steroid dienone is 4. The maximum Gasteiger partial charge on any atom is 0.362 e. The van der Waals surface area contributed by atoms with Crippen molar-refractivity contribution in [3.8, 4) is 0 Å². The van der Waals surface area contributed by atoms with Crippen molar-refractivity contribution in [2.75, 3.05) is 41.0 Å². The summed E-state index contributed by atoms with van der Waals surface area (Å²) in [6.07, 6.45) is 23.8. The summed E-state index contributed by atoms with van der Waals surface area (Å²) in [7, 11) is 5.49. The molecule has 8 nitrogen and oxygen atoms in total. The molecule has 0 aromatic heterocycles. The topological polar surface area (TPSA) is 99.1 Å². The summed E-state index contributed by atoms with van der Waals surface area (Å²) in [5.41, 5.74) is 0. The van der Waals surface area contributed by atoms with Crippen molar-refractivity contribution in [1.29, 1.82) is 0 Å². The van der Waals surface area contributed by atoms with Gasteiger partial charge < -0.3 is 23.8 Å². The molecule has 0 saturated carbocycles. The molecule has 2 unspecified atom stereocenters. The number of quaternary nitrogens is 1. The van der Waals surface area contributed by atoms with Crippen LogP contribution in [0.1, 0.15) is 123 Å². The minimum Gasteiger partial charge on any atom is -0.477 e. The molecule has 0 amide bonds. The van der Waals surface area contributed by atoms with E-state index in [0.29, 0.717) is 19.3 Å². The fourth-order valence-electron chi connectivity index (χ4n) is 4.48. The molecule has 0 bridgehead atoms. The van der Waals surface area contributed by atoms with E-state index in [0.717, 1.165) is 51.4 Å². The second kappa shape index (κ2) is 26.4. The lowest BCUT2D eigenvalue weighted by atomic mass is 10.1. The van der Waals surface area contributed by atoms with Crippen LogP contribution in [-0.4, -0.2) is 80.6 Å². The van der Waals surface area contributed by atoms with E-state index in [2.05, 4.69) is 38.2 Å². The number of rotatable bonds is 28. The average molecular weight is 597 g/mol. The number of ether oxygens (including phenoxy) is 3. The molecule has 0 aromatic carbocycles. The molecular formula is C34H62NO7+. The second-order valence-electron chi connectivity index (χ2n) is 12.1. The Balaban J connectivity index is 4.52. The summed E-state index contributed by atoms with van der Waals surface area (Å²) in [5.74, 6) is -1.52. The lowest BCUT2D eigenvalue weighted by Gasteiger charge is -2.31. The molecule has 0 fully saturated rings. The minimum atomic E-state index is -0.882. The van der Waals surface area contributed by atoms with Gasteiger partial charge in [0.2, 0.25) is 0 Å². The third kappa shape index (κ3) is 24.4. The van der Waals surface area contributed by atoms with Crippen molar-refractivity contribution >= 4 is 17.9 Å². The van der Waals surface area contributed by atoms with Crippen LogP contribution in [0.5, 0.6) is 0 Å². The van der Waals surface area contributed by atoms with Crippen molar-refractivity contribution in [2.24, 2.45) is 0 Å².